The van der Waals surface area contributed by atoms with Crippen molar-refractivity contribution in [2.45, 2.75) is 38.3 Å². The number of benzene rings is 1. The molecule has 4 heterocycles. The van der Waals surface area contributed by atoms with Crippen molar-refractivity contribution >= 4 is 34.3 Å². The first-order valence-electron chi connectivity index (χ1n) is 9.80. The van der Waals surface area contributed by atoms with Gasteiger partial charge in [-0.05, 0) is 31.4 Å². The third-order valence-electron chi connectivity index (χ3n) is 5.80. The Balaban J connectivity index is 1.38. The van der Waals surface area contributed by atoms with Gasteiger partial charge in [-0.25, -0.2) is 15.0 Å². The van der Waals surface area contributed by atoms with Crippen LogP contribution in [0.1, 0.15) is 25.7 Å². The minimum atomic E-state index is 0.126. The number of carbonyl (C=O) groups excluding carboxylic acids is 1. The van der Waals surface area contributed by atoms with Gasteiger partial charge in [0.1, 0.15) is 11.8 Å². The number of para-hydroxylation sites is 2. The van der Waals surface area contributed by atoms with E-state index in [0.717, 1.165) is 25.2 Å². The molecule has 1 unspecified atom stereocenters. The highest BCUT2D eigenvalue weighted by molar-refractivity contribution is 5.98. The van der Waals surface area contributed by atoms with Gasteiger partial charge in [-0.15, -0.1) is 0 Å². The molecule has 2 aliphatic heterocycles. The number of carbonyl (C=O) groups is 1. The number of anilines is 3. The average Bonchev–Trinajstić information content (AvgIpc) is 3.16. The minimum Gasteiger partial charge on any atom is -0.382 e. The number of aromatic nitrogens is 4. The SMILES string of the molecule is Nc1ncnc2c1ncn2CCC(=O)N1CC2CCCCN2c2ccccc21. The molecular weight excluding hydrogens is 354 g/mol. The number of hydrogen-bond acceptors (Lipinski definition) is 6. The summed E-state index contributed by atoms with van der Waals surface area (Å²) >= 11 is 0. The standard InChI is InChI=1S/C20H23N7O/c21-19-18-20(23-12-22-19)25(13-24-18)10-8-17(28)27-11-14-5-3-4-9-26(14)15-6-1-2-7-16(15)27/h1-2,6-7,12-14H,3-5,8-11H2,(H2,21,22,23). The summed E-state index contributed by atoms with van der Waals surface area (Å²) in [5, 5.41) is 0. The lowest BCUT2D eigenvalue weighted by Crippen LogP contribution is -2.53. The van der Waals surface area contributed by atoms with Gasteiger partial charge in [0.25, 0.3) is 0 Å². The number of nitrogen functional groups attached to an aromatic ring is 1. The smallest absolute Gasteiger partial charge is 0.228 e. The Bertz CT molecular complexity index is 1030. The van der Waals surface area contributed by atoms with Crippen molar-refractivity contribution in [3.05, 3.63) is 36.9 Å². The molecule has 28 heavy (non-hydrogen) atoms. The molecule has 1 amide bonds. The molecule has 2 aliphatic rings. The Hall–Kier alpha value is -3.16. The third kappa shape index (κ3) is 2.76. The van der Waals surface area contributed by atoms with Crippen molar-refractivity contribution in [3.8, 4) is 0 Å². The van der Waals surface area contributed by atoms with Crippen molar-refractivity contribution in [3.63, 3.8) is 0 Å². The van der Waals surface area contributed by atoms with Crippen LogP contribution in [0.2, 0.25) is 0 Å². The lowest BCUT2D eigenvalue weighted by Gasteiger charge is -2.46. The first-order valence-corrected chi connectivity index (χ1v) is 9.80. The van der Waals surface area contributed by atoms with E-state index in [9.17, 15) is 4.79 Å². The first kappa shape index (κ1) is 17.0. The Morgan fingerprint density at radius 1 is 1.14 bits per heavy atom. The van der Waals surface area contributed by atoms with E-state index in [-0.39, 0.29) is 5.91 Å². The third-order valence-corrected chi connectivity index (χ3v) is 5.80. The van der Waals surface area contributed by atoms with Crippen LogP contribution in [-0.2, 0) is 11.3 Å². The fourth-order valence-electron chi connectivity index (χ4n) is 4.40. The van der Waals surface area contributed by atoms with Crippen LogP contribution in [0.4, 0.5) is 17.2 Å². The van der Waals surface area contributed by atoms with Gasteiger partial charge in [-0.1, -0.05) is 12.1 Å². The molecule has 1 aromatic carbocycles. The van der Waals surface area contributed by atoms with E-state index < -0.39 is 0 Å². The van der Waals surface area contributed by atoms with Gasteiger partial charge < -0.3 is 20.1 Å². The number of imidazole rings is 1. The van der Waals surface area contributed by atoms with Crippen LogP contribution in [0.25, 0.3) is 11.2 Å². The van der Waals surface area contributed by atoms with Gasteiger partial charge in [0, 0.05) is 32.1 Å². The minimum absolute atomic E-state index is 0.126. The van der Waals surface area contributed by atoms with Crippen molar-refractivity contribution in [1.29, 1.82) is 0 Å². The van der Waals surface area contributed by atoms with Crippen molar-refractivity contribution in [1.82, 2.24) is 19.5 Å². The quantitative estimate of drug-likeness (QED) is 0.752. The molecule has 5 rings (SSSR count). The summed E-state index contributed by atoms with van der Waals surface area (Å²) in [6.07, 6.45) is 7.08. The number of amides is 1. The second kappa shape index (κ2) is 6.78. The van der Waals surface area contributed by atoms with Gasteiger partial charge in [-0.2, -0.15) is 0 Å². The lowest BCUT2D eigenvalue weighted by molar-refractivity contribution is -0.118. The molecule has 0 spiro atoms. The maximum atomic E-state index is 13.1. The topological polar surface area (TPSA) is 93.2 Å². The Morgan fingerprint density at radius 3 is 2.89 bits per heavy atom. The Morgan fingerprint density at radius 2 is 2.00 bits per heavy atom. The maximum Gasteiger partial charge on any atom is 0.228 e. The molecule has 2 N–H and O–H groups in total. The van der Waals surface area contributed by atoms with Crippen LogP contribution in [0.3, 0.4) is 0 Å². The fraction of sp³-hybridized carbons (Fsp3) is 0.400. The predicted octanol–water partition coefficient (Wildman–Crippen LogP) is 2.20. The van der Waals surface area contributed by atoms with Gasteiger partial charge >= 0.3 is 0 Å². The molecule has 0 radical (unpaired) electrons. The molecule has 8 nitrogen and oxygen atoms in total. The van der Waals surface area contributed by atoms with Crippen molar-refractivity contribution in [2.75, 3.05) is 28.6 Å². The number of rotatable bonds is 3. The number of hydrogen-bond donors (Lipinski definition) is 1. The van der Waals surface area contributed by atoms with Crippen LogP contribution in [0.5, 0.6) is 0 Å². The first-order chi connectivity index (χ1) is 13.7. The van der Waals surface area contributed by atoms with E-state index in [2.05, 4.69) is 38.1 Å². The van der Waals surface area contributed by atoms with Gasteiger partial charge in [0.15, 0.2) is 11.5 Å². The van der Waals surface area contributed by atoms with Gasteiger partial charge in [-0.3, -0.25) is 4.79 Å². The molecule has 0 saturated carbocycles. The van der Waals surface area contributed by atoms with Crippen LogP contribution >= 0.6 is 0 Å². The molecule has 3 aromatic rings. The molecule has 2 aromatic heterocycles. The monoisotopic (exact) mass is 377 g/mol. The highest BCUT2D eigenvalue weighted by atomic mass is 16.2. The van der Waals surface area contributed by atoms with Crippen molar-refractivity contribution < 1.29 is 4.79 Å². The fourth-order valence-corrected chi connectivity index (χ4v) is 4.40. The molecule has 1 fully saturated rings. The molecule has 1 atom stereocenters. The van der Waals surface area contributed by atoms with E-state index in [1.54, 1.807) is 6.33 Å². The number of aryl methyl sites for hydroxylation is 1. The number of piperidine rings is 1. The summed E-state index contributed by atoms with van der Waals surface area (Å²) in [4.78, 5) is 30.1. The average molecular weight is 377 g/mol. The Kier molecular flexibility index (Phi) is 4.11. The zero-order valence-corrected chi connectivity index (χ0v) is 15.7. The van der Waals surface area contributed by atoms with E-state index >= 15 is 0 Å². The van der Waals surface area contributed by atoms with Gasteiger partial charge in [0.05, 0.1) is 17.7 Å². The van der Waals surface area contributed by atoms with E-state index in [0.29, 0.717) is 36.0 Å². The maximum absolute atomic E-state index is 13.1. The van der Waals surface area contributed by atoms with Gasteiger partial charge in [0.2, 0.25) is 5.91 Å². The highest BCUT2D eigenvalue weighted by Gasteiger charge is 2.34. The largest absolute Gasteiger partial charge is 0.382 e. The van der Waals surface area contributed by atoms with Crippen LogP contribution in [0, 0.1) is 0 Å². The molecule has 0 bridgehead atoms. The second-order valence-electron chi connectivity index (χ2n) is 7.46. The summed E-state index contributed by atoms with van der Waals surface area (Å²) < 4.78 is 1.87. The molecular formula is C20H23N7O. The Labute approximate surface area is 163 Å². The van der Waals surface area contributed by atoms with E-state index in [1.165, 1.54) is 24.9 Å². The van der Waals surface area contributed by atoms with E-state index in [1.807, 2.05) is 15.5 Å². The van der Waals surface area contributed by atoms with Crippen LogP contribution in [-0.4, -0.2) is 44.6 Å². The number of nitrogens with zero attached hydrogens (tertiary/aromatic N) is 6. The summed E-state index contributed by atoms with van der Waals surface area (Å²) in [6.45, 7) is 2.35. The highest BCUT2D eigenvalue weighted by Crippen LogP contribution is 2.38. The summed E-state index contributed by atoms with van der Waals surface area (Å²) in [5.41, 5.74) is 9.30. The lowest BCUT2D eigenvalue weighted by atomic mass is 9.96. The van der Waals surface area contributed by atoms with Crippen molar-refractivity contribution in [2.24, 2.45) is 0 Å². The summed E-state index contributed by atoms with van der Waals surface area (Å²) in [5.74, 6) is 0.485. The molecule has 1 saturated heterocycles. The van der Waals surface area contributed by atoms with Crippen LogP contribution in [0.15, 0.2) is 36.9 Å². The van der Waals surface area contributed by atoms with E-state index in [4.69, 9.17) is 5.73 Å². The molecule has 144 valence electrons. The summed E-state index contributed by atoms with van der Waals surface area (Å²) in [7, 11) is 0. The normalized spacial score (nSPS) is 18.8. The van der Waals surface area contributed by atoms with Crippen LogP contribution < -0.4 is 15.5 Å². The second-order valence-corrected chi connectivity index (χ2v) is 7.46. The zero-order chi connectivity index (χ0) is 19.1. The zero-order valence-electron chi connectivity index (χ0n) is 15.7. The number of fused-ring (bicyclic) bond motifs is 4. The molecule has 0 aliphatic carbocycles. The predicted molar refractivity (Wildman–Crippen MR) is 108 cm³/mol. The molecule has 8 heteroatoms. The summed E-state index contributed by atoms with van der Waals surface area (Å²) in [6, 6.07) is 8.66. The number of nitrogens with two attached hydrogens (primary N) is 1.